The smallest absolute Gasteiger partial charge is 0.326 e. The summed E-state index contributed by atoms with van der Waals surface area (Å²) in [5.41, 5.74) is 5.39. The summed E-state index contributed by atoms with van der Waals surface area (Å²) in [5.74, 6) is -1.52. The Morgan fingerprint density at radius 3 is 2.35 bits per heavy atom. The number of aliphatic carboxylic acids is 1. The summed E-state index contributed by atoms with van der Waals surface area (Å²) in [6, 6.07) is 5.10. The number of hydrogen-bond acceptors (Lipinski definition) is 4. The number of carbonyl (C=O) groups is 2. The fraction of sp³-hybridized carbons (Fsp3) is 0.429. The number of phenolic OH excluding ortho intramolecular Hbond substituents is 1. The zero-order valence-corrected chi connectivity index (χ0v) is 11.6. The molecule has 0 saturated carbocycles. The number of carboxylic acid groups (broad SMARTS) is 1. The minimum atomic E-state index is -1.13. The number of carbonyl (C=O) groups excluding carboxylic acids is 1. The molecule has 0 radical (unpaired) electrons. The molecule has 1 rings (SSSR count). The molecule has 0 heterocycles. The highest BCUT2D eigenvalue weighted by atomic mass is 16.4. The first-order chi connectivity index (χ1) is 9.26. The summed E-state index contributed by atoms with van der Waals surface area (Å²) in [6.07, 6.45) is 0.533. The van der Waals surface area contributed by atoms with Crippen LogP contribution < -0.4 is 11.1 Å². The number of nitrogens with two attached hydrogens (primary N) is 1. The van der Waals surface area contributed by atoms with Gasteiger partial charge >= 0.3 is 5.97 Å². The van der Waals surface area contributed by atoms with E-state index in [1.54, 1.807) is 26.0 Å². The molecule has 6 nitrogen and oxygen atoms in total. The van der Waals surface area contributed by atoms with E-state index in [-0.39, 0.29) is 12.2 Å². The topological polar surface area (TPSA) is 113 Å². The van der Waals surface area contributed by atoms with E-state index in [0.717, 1.165) is 0 Å². The lowest BCUT2D eigenvalue weighted by molar-refractivity contribution is -0.142. The molecule has 0 fully saturated rings. The molecule has 20 heavy (non-hydrogen) atoms. The minimum absolute atomic E-state index is 0.102. The number of phenols is 1. The van der Waals surface area contributed by atoms with E-state index in [9.17, 15) is 19.8 Å². The number of nitrogens with one attached hydrogen (secondary N) is 1. The molecule has 1 aromatic rings. The zero-order chi connectivity index (χ0) is 15.3. The molecule has 0 aliphatic heterocycles. The number of carboxylic acids is 1. The van der Waals surface area contributed by atoms with Gasteiger partial charge in [-0.15, -0.1) is 0 Å². The van der Waals surface area contributed by atoms with Gasteiger partial charge in [-0.25, -0.2) is 4.79 Å². The third kappa shape index (κ3) is 4.24. The van der Waals surface area contributed by atoms with Crippen molar-refractivity contribution in [3.63, 3.8) is 0 Å². The van der Waals surface area contributed by atoms with Crippen molar-refractivity contribution in [1.82, 2.24) is 5.32 Å². The van der Waals surface area contributed by atoms with E-state index in [2.05, 4.69) is 5.32 Å². The third-order valence-electron chi connectivity index (χ3n) is 3.23. The number of hydrogen-bond donors (Lipinski definition) is 4. The normalized spacial score (nSPS) is 15.2. The van der Waals surface area contributed by atoms with Crippen molar-refractivity contribution in [2.24, 2.45) is 5.73 Å². The molecule has 0 aliphatic carbocycles. The summed E-state index contributed by atoms with van der Waals surface area (Å²) in [6.45, 7) is 3.32. The monoisotopic (exact) mass is 280 g/mol. The Kier molecular flexibility index (Phi) is 5.10. The van der Waals surface area contributed by atoms with Crippen LogP contribution in [0, 0.1) is 0 Å². The maximum atomic E-state index is 11.9. The molecule has 0 bridgehead atoms. The van der Waals surface area contributed by atoms with Gasteiger partial charge < -0.3 is 21.3 Å². The van der Waals surface area contributed by atoms with Gasteiger partial charge in [0.25, 0.3) is 0 Å². The lowest BCUT2D eigenvalue weighted by atomic mass is 9.98. The van der Waals surface area contributed by atoms with Gasteiger partial charge in [0, 0.05) is 6.42 Å². The van der Waals surface area contributed by atoms with E-state index < -0.39 is 23.5 Å². The second-order valence-corrected chi connectivity index (χ2v) is 5.01. The van der Waals surface area contributed by atoms with Gasteiger partial charge in [0.05, 0.1) is 5.54 Å². The van der Waals surface area contributed by atoms with Crippen molar-refractivity contribution in [2.45, 2.75) is 38.3 Å². The second kappa shape index (κ2) is 6.38. The average Bonchev–Trinajstić information content (AvgIpc) is 2.40. The predicted octanol–water partition coefficient (Wildman–Crippen LogP) is 0.631. The molecule has 110 valence electrons. The standard InChI is InChI=1S/C14H20N2O4/c1-3-14(2,15)13(20)16-11(12(18)19)8-9-4-6-10(17)7-5-9/h4-7,11,17H,3,8,15H2,1-2H3,(H,16,20)(H,18,19). The quantitative estimate of drug-likeness (QED) is 0.610. The number of aromatic hydroxyl groups is 1. The first-order valence-electron chi connectivity index (χ1n) is 6.37. The van der Waals surface area contributed by atoms with Crippen LogP contribution in [0.5, 0.6) is 5.75 Å². The van der Waals surface area contributed by atoms with E-state index >= 15 is 0 Å². The molecule has 0 aliphatic rings. The lowest BCUT2D eigenvalue weighted by Gasteiger charge is -2.24. The van der Waals surface area contributed by atoms with Crippen LogP contribution in [0.1, 0.15) is 25.8 Å². The van der Waals surface area contributed by atoms with Gasteiger partial charge in [-0.05, 0) is 31.0 Å². The van der Waals surface area contributed by atoms with Crippen LogP contribution in [0.2, 0.25) is 0 Å². The molecule has 0 aromatic heterocycles. The van der Waals surface area contributed by atoms with Crippen molar-refractivity contribution in [3.05, 3.63) is 29.8 Å². The van der Waals surface area contributed by atoms with Crippen LogP contribution >= 0.6 is 0 Å². The molecule has 6 heteroatoms. The van der Waals surface area contributed by atoms with Crippen molar-refractivity contribution in [2.75, 3.05) is 0 Å². The molecule has 5 N–H and O–H groups in total. The van der Waals surface area contributed by atoms with Crippen molar-refractivity contribution >= 4 is 11.9 Å². The first-order valence-corrected chi connectivity index (χ1v) is 6.37. The van der Waals surface area contributed by atoms with Gasteiger partial charge in [-0.1, -0.05) is 19.1 Å². The Morgan fingerprint density at radius 1 is 1.35 bits per heavy atom. The third-order valence-corrected chi connectivity index (χ3v) is 3.23. The summed E-state index contributed by atoms with van der Waals surface area (Å²) in [7, 11) is 0. The van der Waals surface area contributed by atoms with E-state index in [4.69, 9.17) is 5.73 Å². The summed E-state index contributed by atoms with van der Waals surface area (Å²) < 4.78 is 0. The predicted molar refractivity (Wildman–Crippen MR) is 74.3 cm³/mol. The Labute approximate surface area is 117 Å². The maximum absolute atomic E-state index is 11.9. The SMILES string of the molecule is CCC(C)(N)C(=O)NC(Cc1ccc(O)cc1)C(=O)O. The number of rotatable bonds is 6. The molecule has 1 amide bonds. The van der Waals surface area contributed by atoms with E-state index in [0.29, 0.717) is 12.0 Å². The number of benzene rings is 1. The highest BCUT2D eigenvalue weighted by molar-refractivity contribution is 5.89. The van der Waals surface area contributed by atoms with Gasteiger partial charge in [0.1, 0.15) is 11.8 Å². The van der Waals surface area contributed by atoms with Crippen LogP contribution in [0.4, 0.5) is 0 Å². The van der Waals surface area contributed by atoms with Crippen LogP contribution in [0.25, 0.3) is 0 Å². The number of amides is 1. The fourth-order valence-corrected chi connectivity index (χ4v) is 1.55. The fourth-order valence-electron chi connectivity index (χ4n) is 1.55. The molecule has 0 spiro atoms. The van der Waals surface area contributed by atoms with Crippen LogP contribution in [0.3, 0.4) is 0 Å². The highest BCUT2D eigenvalue weighted by Gasteiger charge is 2.30. The van der Waals surface area contributed by atoms with Crippen LogP contribution in [0.15, 0.2) is 24.3 Å². The lowest BCUT2D eigenvalue weighted by Crippen LogP contribution is -2.55. The second-order valence-electron chi connectivity index (χ2n) is 5.01. The summed E-state index contributed by atoms with van der Waals surface area (Å²) in [4.78, 5) is 23.1. The minimum Gasteiger partial charge on any atom is -0.508 e. The summed E-state index contributed by atoms with van der Waals surface area (Å²) >= 11 is 0. The van der Waals surface area contributed by atoms with Gasteiger partial charge in [-0.2, -0.15) is 0 Å². The molecule has 0 saturated heterocycles. The largest absolute Gasteiger partial charge is 0.508 e. The maximum Gasteiger partial charge on any atom is 0.326 e. The molecule has 2 atom stereocenters. The Morgan fingerprint density at radius 2 is 1.90 bits per heavy atom. The Hall–Kier alpha value is -2.08. The highest BCUT2D eigenvalue weighted by Crippen LogP contribution is 2.12. The summed E-state index contributed by atoms with van der Waals surface area (Å²) in [5, 5.41) is 20.8. The van der Waals surface area contributed by atoms with Crippen LogP contribution in [-0.4, -0.2) is 33.7 Å². The van der Waals surface area contributed by atoms with Crippen molar-refractivity contribution in [3.8, 4) is 5.75 Å². The van der Waals surface area contributed by atoms with Gasteiger partial charge in [-0.3, -0.25) is 4.79 Å². The zero-order valence-electron chi connectivity index (χ0n) is 11.6. The van der Waals surface area contributed by atoms with E-state index in [1.165, 1.54) is 12.1 Å². The van der Waals surface area contributed by atoms with Crippen molar-refractivity contribution < 1.29 is 19.8 Å². The Bertz CT molecular complexity index is 482. The Balaban J connectivity index is 2.78. The van der Waals surface area contributed by atoms with E-state index in [1.807, 2.05) is 0 Å². The van der Waals surface area contributed by atoms with Gasteiger partial charge in [0.2, 0.25) is 5.91 Å². The first kappa shape index (κ1) is 16.0. The van der Waals surface area contributed by atoms with Crippen molar-refractivity contribution in [1.29, 1.82) is 0 Å². The van der Waals surface area contributed by atoms with Gasteiger partial charge in [0.15, 0.2) is 0 Å². The average molecular weight is 280 g/mol. The molecular formula is C14H20N2O4. The molecular weight excluding hydrogens is 260 g/mol. The molecule has 2 unspecified atom stereocenters. The van der Waals surface area contributed by atoms with Crippen LogP contribution in [-0.2, 0) is 16.0 Å². The molecule has 1 aromatic carbocycles.